The van der Waals surface area contributed by atoms with Crippen molar-refractivity contribution in [1.29, 1.82) is 5.26 Å². The van der Waals surface area contributed by atoms with Crippen molar-refractivity contribution in [3.05, 3.63) is 53.3 Å². The van der Waals surface area contributed by atoms with Gasteiger partial charge in [-0.2, -0.15) is 5.26 Å². The van der Waals surface area contributed by atoms with Crippen LogP contribution in [0.1, 0.15) is 17.0 Å². The van der Waals surface area contributed by atoms with E-state index in [0.717, 1.165) is 16.6 Å². The molecule has 7 nitrogen and oxygen atoms in total. The molecule has 0 radical (unpaired) electrons. The number of allylic oxidation sites excluding steroid dienone is 1. The first-order valence-electron chi connectivity index (χ1n) is 8.11. The van der Waals surface area contributed by atoms with Gasteiger partial charge in [0.1, 0.15) is 11.9 Å². The van der Waals surface area contributed by atoms with Crippen molar-refractivity contribution in [1.82, 2.24) is 9.97 Å². The van der Waals surface area contributed by atoms with E-state index in [1.165, 1.54) is 7.11 Å². The van der Waals surface area contributed by atoms with Crippen LogP contribution >= 0.6 is 0 Å². The Morgan fingerprint density at radius 1 is 1.30 bits per heavy atom. The zero-order valence-corrected chi connectivity index (χ0v) is 14.8. The van der Waals surface area contributed by atoms with E-state index in [4.69, 9.17) is 14.6 Å². The average Bonchev–Trinajstić information content (AvgIpc) is 3.07. The Balaban J connectivity index is 1.94. The van der Waals surface area contributed by atoms with Gasteiger partial charge in [-0.25, -0.2) is 9.78 Å². The van der Waals surface area contributed by atoms with Gasteiger partial charge < -0.3 is 19.6 Å². The van der Waals surface area contributed by atoms with Crippen LogP contribution < -0.4 is 9.47 Å². The summed E-state index contributed by atoms with van der Waals surface area (Å²) in [5.41, 5.74) is 3.81. The van der Waals surface area contributed by atoms with Gasteiger partial charge >= 0.3 is 5.97 Å². The standard InChI is InChI=1S/C20H17N3O4/c1-12-3-5-15-16(7-12)23-20(22-15)14(10-21)8-13-4-6-17(18(9-13)26-2)27-11-19(24)25/h3-9H,11H2,1-2H3,(H,22,23)(H,24,25)/b14-8+. The second-order valence-corrected chi connectivity index (χ2v) is 5.87. The van der Waals surface area contributed by atoms with Crippen LogP contribution in [0.4, 0.5) is 0 Å². The highest BCUT2D eigenvalue weighted by atomic mass is 16.5. The van der Waals surface area contributed by atoms with Crippen LogP contribution in [0.5, 0.6) is 11.5 Å². The van der Waals surface area contributed by atoms with Crippen LogP contribution in [-0.2, 0) is 4.79 Å². The third-order valence-corrected chi connectivity index (χ3v) is 3.86. The van der Waals surface area contributed by atoms with Crippen molar-refractivity contribution < 1.29 is 19.4 Å². The number of hydrogen-bond acceptors (Lipinski definition) is 5. The maximum absolute atomic E-state index is 10.7. The number of rotatable bonds is 6. The Bertz CT molecular complexity index is 1080. The van der Waals surface area contributed by atoms with Crippen molar-refractivity contribution in [3.63, 3.8) is 0 Å². The molecular formula is C20H17N3O4. The molecule has 0 saturated carbocycles. The molecule has 0 saturated heterocycles. The molecule has 0 aliphatic heterocycles. The van der Waals surface area contributed by atoms with Crippen LogP contribution in [0.3, 0.4) is 0 Å². The lowest BCUT2D eigenvalue weighted by Crippen LogP contribution is -2.10. The molecule has 0 bridgehead atoms. The molecular weight excluding hydrogens is 346 g/mol. The molecule has 0 amide bonds. The molecule has 7 heteroatoms. The van der Waals surface area contributed by atoms with E-state index in [9.17, 15) is 10.1 Å². The highest BCUT2D eigenvalue weighted by Gasteiger charge is 2.11. The van der Waals surface area contributed by atoms with E-state index in [1.54, 1.807) is 24.3 Å². The van der Waals surface area contributed by atoms with E-state index >= 15 is 0 Å². The normalized spacial score (nSPS) is 11.2. The van der Waals surface area contributed by atoms with Crippen molar-refractivity contribution in [2.24, 2.45) is 0 Å². The number of imidazole rings is 1. The molecule has 0 atom stereocenters. The summed E-state index contributed by atoms with van der Waals surface area (Å²) in [5.74, 6) is 0.0912. The number of methoxy groups -OCH3 is 1. The maximum atomic E-state index is 10.7. The van der Waals surface area contributed by atoms with Gasteiger partial charge in [-0.1, -0.05) is 12.1 Å². The van der Waals surface area contributed by atoms with Gasteiger partial charge in [-0.15, -0.1) is 0 Å². The molecule has 0 spiro atoms. The SMILES string of the molecule is COc1cc(/C=C(\C#N)c2nc3ccc(C)cc3[nH]2)ccc1OCC(=O)O. The third kappa shape index (κ3) is 4.07. The minimum Gasteiger partial charge on any atom is -0.493 e. The highest BCUT2D eigenvalue weighted by molar-refractivity contribution is 5.90. The van der Waals surface area contributed by atoms with Crippen molar-refractivity contribution >= 4 is 28.7 Å². The number of H-pyrrole nitrogens is 1. The number of nitriles is 1. The largest absolute Gasteiger partial charge is 0.493 e. The smallest absolute Gasteiger partial charge is 0.341 e. The molecule has 3 aromatic rings. The fraction of sp³-hybridized carbons (Fsp3) is 0.150. The van der Waals surface area contributed by atoms with Gasteiger partial charge in [0.15, 0.2) is 18.1 Å². The highest BCUT2D eigenvalue weighted by Crippen LogP contribution is 2.30. The zero-order chi connectivity index (χ0) is 19.4. The fourth-order valence-corrected chi connectivity index (χ4v) is 2.60. The number of benzene rings is 2. The monoisotopic (exact) mass is 363 g/mol. The van der Waals surface area contributed by atoms with Gasteiger partial charge in [0.25, 0.3) is 0 Å². The number of aliphatic carboxylic acids is 1. The van der Waals surface area contributed by atoms with E-state index in [0.29, 0.717) is 28.5 Å². The number of aryl methyl sites for hydroxylation is 1. The number of carboxylic acids is 1. The molecule has 0 unspecified atom stereocenters. The molecule has 136 valence electrons. The second-order valence-electron chi connectivity index (χ2n) is 5.87. The van der Waals surface area contributed by atoms with Crippen LogP contribution in [-0.4, -0.2) is 34.8 Å². The van der Waals surface area contributed by atoms with Gasteiger partial charge in [-0.05, 0) is 48.4 Å². The molecule has 1 aromatic heterocycles. The quantitative estimate of drug-likeness (QED) is 0.650. The number of ether oxygens (including phenoxy) is 2. The fourth-order valence-electron chi connectivity index (χ4n) is 2.60. The van der Waals surface area contributed by atoms with E-state index in [2.05, 4.69) is 16.0 Å². The first kappa shape index (κ1) is 18.0. The number of fused-ring (bicyclic) bond motifs is 1. The van der Waals surface area contributed by atoms with Gasteiger partial charge in [0.2, 0.25) is 0 Å². The Labute approximate surface area is 155 Å². The first-order chi connectivity index (χ1) is 13.0. The molecule has 0 aliphatic rings. The summed E-state index contributed by atoms with van der Waals surface area (Å²) in [6.07, 6.45) is 1.67. The predicted octanol–water partition coefficient (Wildman–Crippen LogP) is 3.41. The molecule has 3 rings (SSSR count). The van der Waals surface area contributed by atoms with Crippen molar-refractivity contribution in [2.75, 3.05) is 13.7 Å². The summed E-state index contributed by atoms with van der Waals surface area (Å²) in [5, 5.41) is 18.3. The van der Waals surface area contributed by atoms with Crippen LogP contribution in [0, 0.1) is 18.3 Å². The van der Waals surface area contributed by atoms with Crippen molar-refractivity contribution in [2.45, 2.75) is 6.92 Å². The summed E-state index contributed by atoms with van der Waals surface area (Å²) in [6.45, 7) is 1.52. The van der Waals surface area contributed by atoms with Gasteiger partial charge in [-0.3, -0.25) is 0 Å². The third-order valence-electron chi connectivity index (χ3n) is 3.86. The zero-order valence-electron chi connectivity index (χ0n) is 14.8. The first-order valence-corrected chi connectivity index (χ1v) is 8.11. The molecule has 2 aromatic carbocycles. The Morgan fingerprint density at radius 3 is 2.81 bits per heavy atom. The number of aromatic amines is 1. The molecule has 2 N–H and O–H groups in total. The summed E-state index contributed by atoms with van der Waals surface area (Å²) < 4.78 is 10.4. The van der Waals surface area contributed by atoms with E-state index < -0.39 is 12.6 Å². The topological polar surface area (TPSA) is 108 Å². The van der Waals surface area contributed by atoms with Gasteiger partial charge in [0.05, 0.1) is 23.7 Å². The summed E-state index contributed by atoms with van der Waals surface area (Å²) in [4.78, 5) is 18.3. The Hall–Kier alpha value is -3.79. The number of nitrogens with one attached hydrogen (secondary N) is 1. The predicted molar refractivity (Wildman–Crippen MR) is 100 cm³/mol. The van der Waals surface area contributed by atoms with Crippen molar-refractivity contribution in [3.8, 4) is 17.6 Å². The maximum Gasteiger partial charge on any atom is 0.341 e. The molecule has 27 heavy (non-hydrogen) atoms. The molecule has 1 heterocycles. The second kappa shape index (κ2) is 7.62. The number of carboxylic acid groups (broad SMARTS) is 1. The Morgan fingerprint density at radius 2 is 2.11 bits per heavy atom. The summed E-state index contributed by atoms with van der Waals surface area (Å²) >= 11 is 0. The number of nitrogens with zero attached hydrogens (tertiary/aromatic N) is 2. The molecule has 0 fully saturated rings. The summed E-state index contributed by atoms with van der Waals surface area (Å²) in [6, 6.07) is 13.0. The van der Waals surface area contributed by atoms with Gasteiger partial charge in [0, 0.05) is 0 Å². The van der Waals surface area contributed by atoms with Crippen LogP contribution in [0.15, 0.2) is 36.4 Å². The van der Waals surface area contributed by atoms with E-state index in [1.807, 2.05) is 25.1 Å². The van der Waals surface area contributed by atoms with E-state index in [-0.39, 0.29) is 0 Å². The number of carbonyl (C=O) groups is 1. The Kier molecular flexibility index (Phi) is 5.08. The average molecular weight is 363 g/mol. The minimum absolute atomic E-state index is 0.315. The number of aromatic nitrogens is 2. The lowest BCUT2D eigenvalue weighted by atomic mass is 10.1. The number of hydrogen-bond donors (Lipinski definition) is 2. The lowest BCUT2D eigenvalue weighted by Gasteiger charge is -2.09. The lowest BCUT2D eigenvalue weighted by molar-refractivity contribution is -0.139. The molecule has 0 aliphatic carbocycles. The minimum atomic E-state index is -1.08. The van der Waals surface area contributed by atoms with Crippen LogP contribution in [0.25, 0.3) is 22.7 Å². The van der Waals surface area contributed by atoms with Crippen LogP contribution in [0.2, 0.25) is 0 Å². The summed E-state index contributed by atoms with van der Waals surface area (Å²) in [7, 11) is 1.46.